The molecule has 0 spiro atoms. The average molecular weight is 408 g/mol. The van der Waals surface area contributed by atoms with E-state index in [9.17, 15) is 13.2 Å². The topological polar surface area (TPSA) is 69.7 Å². The van der Waals surface area contributed by atoms with Gasteiger partial charge in [0.15, 0.2) is 0 Å². The summed E-state index contributed by atoms with van der Waals surface area (Å²) in [5.41, 5.74) is 0. The second kappa shape index (κ2) is 9.19. The number of carbonyl (C=O) groups excluding carboxylic acids is 1. The van der Waals surface area contributed by atoms with Crippen LogP contribution in [0.2, 0.25) is 10.0 Å². The van der Waals surface area contributed by atoms with E-state index < -0.39 is 10.0 Å². The van der Waals surface area contributed by atoms with Crippen molar-refractivity contribution in [3.05, 3.63) is 28.2 Å². The van der Waals surface area contributed by atoms with E-state index >= 15 is 0 Å². The van der Waals surface area contributed by atoms with Crippen molar-refractivity contribution in [3.8, 4) is 0 Å². The molecule has 0 radical (unpaired) electrons. The maximum Gasteiger partial charge on any atom is 0.243 e. The van der Waals surface area contributed by atoms with Crippen LogP contribution in [0.4, 0.5) is 0 Å². The van der Waals surface area contributed by atoms with Gasteiger partial charge in [0.1, 0.15) is 0 Å². The van der Waals surface area contributed by atoms with Crippen LogP contribution < -0.4 is 5.32 Å². The van der Waals surface area contributed by atoms with Gasteiger partial charge in [-0.3, -0.25) is 9.69 Å². The summed E-state index contributed by atoms with van der Waals surface area (Å²) in [6.07, 6.45) is 1.99. The van der Waals surface area contributed by atoms with Crippen molar-refractivity contribution in [3.63, 3.8) is 0 Å². The van der Waals surface area contributed by atoms with E-state index in [4.69, 9.17) is 23.2 Å². The second-order valence-electron chi connectivity index (χ2n) is 5.96. The van der Waals surface area contributed by atoms with Crippen LogP contribution in [0.1, 0.15) is 19.8 Å². The number of amides is 1. The molecule has 1 N–H and O–H groups in total. The van der Waals surface area contributed by atoms with Crippen molar-refractivity contribution in [1.29, 1.82) is 0 Å². The molecule has 0 aromatic heterocycles. The normalized spacial score (nSPS) is 16.8. The molecule has 25 heavy (non-hydrogen) atoms. The largest absolute Gasteiger partial charge is 0.355 e. The van der Waals surface area contributed by atoms with Crippen LogP contribution in [0.3, 0.4) is 0 Å². The molecule has 6 nitrogen and oxygen atoms in total. The zero-order chi connectivity index (χ0) is 18.4. The molecule has 1 aliphatic heterocycles. The van der Waals surface area contributed by atoms with Crippen LogP contribution in [0, 0.1) is 0 Å². The summed E-state index contributed by atoms with van der Waals surface area (Å²) < 4.78 is 26.8. The van der Waals surface area contributed by atoms with Gasteiger partial charge in [-0.05, 0) is 24.6 Å². The first-order valence-corrected chi connectivity index (χ1v) is 10.5. The fourth-order valence-electron chi connectivity index (χ4n) is 2.58. The lowest BCUT2D eigenvalue weighted by atomic mass is 10.3. The van der Waals surface area contributed by atoms with E-state index in [0.717, 1.165) is 12.8 Å². The lowest BCUT2D eigenvalue weighted by molar-refractivity contribution is -0.122. The molecule has 1 aliphatic rings. The molecule has 1 aromatic rings. The van der Waals surface area contributed by atoms with E-state index in [1.54, 1.807) is 0 Å². The quantitative estimate of drug-likeness (QED) is 0.703. The Morgan fingerprint density at radius 2 is 1.84 bits per heavy atom. The number of halogens is 2. The number of piperazine rings is 1. The van der Waals surface area contributed by atoms with Crippen LogP contribution in [0.25, 0.3) is 0 Å². The Kier molecular flexibility index (Phi) is 7.51. The second-order valence-corrected chi connectivity index (χ2v) is 8.71. The van der Waals surface area contributed by atoms with Crippen molar-refractivity contribution < 1.29 is 13.2 Å². The summed E-state index contributed by atoms with van der Waals surface area (Å²) in [4.78, 5) is 13.9. The molecule has 0 saturated carbocycles. The molecule has 1 saturated heterocycles. The van der Waals surface area contributed by atoms with Crippen molar-refractivity contribution in [2.45, 2.75) is 24.7 Å². The Bertz CT molecular complexity index is 705. The lowest BCUT2D eigenvalue weighted by Gasteiger charge is -2.33. The molecule has 0 aliphatic carbocycles. The molecule has 0 bridgehead atoms. The summed E-state index contributed by atoms with van der Waals surface area (Å²) in [5, 5.41) is 3.40. The number of benzene rings is 1. The van der Waals surface area contributed by atoms with E-state index in [0.29, 0.717) is 44.3 Å². The van der Waals surface area contributed by atoms with E-state index in [1.165, 1.54) is 22.5 Å². The van der Waals surface area contributed by atoms with Crippen LogP contribution in [-0.4, -0.2) is 62.8 Å². The number of rotatable bonds is 7. The predicted octanol–water partition coefficient (Wildman–Crippen LogP) is 2.22. The number of nitrogens with one attached hydrogen (secondary N) is 1. The number of carbonyl (C=O) groups is 1. The Balaban J connectivity index is 1.90. The van der Waals surface area contributed by atoms with Crippen molar-refractivity contribution in [1.82, 2.24) is 14.5 Å². The highest BCUT2D eigenvalue weighted by atomic mass is 35.5. The molecule has 0 unspecified atom stereocenters. The molecule has 140 valence electrons. The van der Waals surface area contributed by atoms with Gasteiger partial charge < -0.3 is 5.32 Å². The van der Waals surface area contributed by atoms with E-state index in [-0.39, 0.29) is 15.8 Å². The number of hydrogen-bond acceptors (Lipinski definition) is 4. The highest BCUT2D eigenvalue weighted by molar-refractivity contribution is 7.89. The third-order valence-electron chi connectivity index (χ3n) is 4.08. The van der Waals surface area contributed by atoms with Gasteiger partial charge in [-0.15, -0.1) is 0 Å². The number of unbranched alkanes of at least 4 members (excludes halogenated alkanes) is 1. The summed E-state index contributed by atoms with van der Waals surface area (Å²) in [6.45, 7) is 4.75. The molecule has 1 aromatic carbocycles. The predicted molar refractivity (Wildman–Crippen MR) is 99.6 cm³/mol. The highest BCUT2D eigenvalue weighted by Crippen LogP contribution is 2.26. The van der Waals surface area contributed by atoms with Crippen LogP contribution >= 0.6 is 23.2 Å². The van der Waals surface area contributed by atoms with Gasteiger partial charge in [0.25, 0.3) is 0 Å². The molecular weight excluding hydrogens is 385 g/mol. The standard InChI is InChI=1S/C16H23Cl2N3O3S/c1-2-3-6-19-16(22)12-20-7-9-21(10-8-20)25(23,24)13-4-5-14(17)15(18)11-13/h4-5,11H,2-3,6-10,12H2,1H3,(H,19,22). The third-order valence-corrected chi connectivity index (χ3v) is 6.71. The van der Waals surface area contributed by atoms with Crippen molar-refractivity contribution >= 4 is 39.1 Å². The Morgan fingerprint density at radius 1 is 1.16 bits per heavy atom. The van der Waals surface area contributed by atoms with E-state index in [1.807, 2.05) is 4.90 Å². The Hall–Kier alpha value is -0.860. The maximum absolute atomic E-state index is 12.7. The fraction of sp³-hybridized carbons (Fsp3) is 0.562. The SMILES string of the molecule is CCCCNC(=O)CN1CCN(S(=O)(=O)c2ccc(Cl)c(Cl)c2)CC1. The Morgan fingerprint density at radius 3 is 2.44 bits per heavy atom. The minimum atomic E-state index is -3.61. The average Bonchev–Trinajstić information content (AvgIpc) is 2.58. The van der Waals surface area contributed by atoms with E-state index in [2.05, 4.69) is 12.2 Å². The van der Waals surface area contributed by atoms with Crippen molar-refractivity contribution in [2.24, 2.45) is 0 Å². The van der Waals surface area contributed by atoms with Gasteiger partial charge in [0.05, 0.1) is 21.5 Å². The Labute approximate surface area is 159 Å². The third kappa shape index (κ3) is 5.56. The van der Waals surface area contributed by atoms with Gasteiger partial charge in [0.2, 0.25) is 15.9 Å². The summed E-state index contributed by atoms with van der Waals surface area (Å²) >= 11 is 11.8. The highest BCUT2D eigenvalue weighted by Gasteiger charge is 2.29. The smallest absolute Gasteiger partial charge is 0.243 e. The summed E-state index contributed by atoms with van der Waals surface area (Å²) in [7, 11) is -3.61. The fourth-order valence-corrected chi connectivity index (χ4v) is 4.39. The number of nitrogens with zero attached hydrogens (tertiary/aromatic N) is 2. The molecule has 1 heterocycles. The maximum atomic E-state index is 12.7. The monoisotopic (exact) mass is 407 g/mol. The van der Waals surface area contributed by atoms with Crippen molar-refractivity contribution in [2.75, 3.05) is 39.3 Å². The zero-order valence-corrected chi connectivity index (χ0v) is 16.5. The first-order chi connectivity index (χ1) is 11.8. The molecule has 9 heteroatoms. The molecule has 0 atom stereocenters. The lowest BCUT2D eigenvalue weighted by Crippen LogP contribution is -2.51. The van der Waals surface area contributed by atoms with Gasteiger partial charge in [-0.25, -0.2) is 8.42 Å². The molecule has 1 amide bonds. The first-order valence-electron chi connectivity index (χ1n) is 8.29. The zero-order valence-electron chi connectivity index (χ0n) is 14.2. The number of sulfonamides is 1. The molecule has 1 fully saturated rings. The van der Waals surface area contributed by atoms with Gasteiger partial charge in [-0.1, -0.05) is 36.5 Å². The van der Waals surface area contributed by atoms with Crippen LogP contribution in [0.15, 0.2) is 23.1 Å². The van der Waals surface area contributed by atoms with Gasteiger partial charge in [0, 0.05) is 32.7 Å². The van der Waals surface area contributed by atoms with Gasteiger partial charge in [-0.2, -0.15) is 4.31 Å². The minimum absolute atomic E-state index is 0.0192. The van der Waals surface area contributed by atoms with Crippen LogP contribution in [-0.2, 0) is 14.8 Å². The van der Waals surface area contributed by atoms with Crippen LogP contribution in [0.5, 0.6) is 0 Å². The number of hydrogen-bond donors (Lipinski definition) is 1. The molecular formula is C16H23Cl2N3O3S. The first kappa shape index (κ1) is 20.5. The minimum Gasteiger partial charge on any atom is -0.355 e. The summed E-state index contributed by atoms with van der Waals surface area (Å²) in [5.74, 6) is -0.0192. The molecule has 2 rings (SSSR count). The van der Waals surface area contributed by atoms with Gasteiger partial charge >= 0.3 is 0 Å². The summed E-state index contributed by atoms with van der Waals surface area (Å²) in [6, 6.07) is 4.30.